The molecule has 0 radical (unpaired) electrons. The van der Waals surface area contributed by atoms with Gasteiger partial charge in [-0.05, 0) is 31.9 Å². The second kappa shape index (κ2) is 8.30. The lowest BCUT2D eigenvalue weighted by Gasteiger charge is -2.17. The fraction of sp³-hybridized carbons (Fsp3) is 0.533. The molecular weight excluding hydrogens is 258 g/mol. The van der Waals surface area contributed by atoms with Crippen molar-refractivity contribution in [1.29, 1.82) is 0 Å². The smallest absolute Gasteiger partial charge is 0.342 e. The van der Waals surface area contributed by atoms with Crippen LogP contribution in [0.2, 0.25) is 0 Å². The van der Waals surface area contributed by atoms with E-state index in [1.807, 2.05) is 13.8 Å². The van der Waals surface area contributed by atoms with Gasteiger partial charge in [-0.2, -0.15) is 0 Å². The maximum absolute atomic E-state index is 12.0. The maximum atomic E-state index is 12.0. The first kappa shape index (κ1) is 16.1. The highest BCUT2D eigenvalue weighted by Crippen LogP contribution is 2.37. The molecule has 0 bridgehead atoms. The van der Waals surface area contributed by atoms with E-state index >= 15 is 0 Å². The molecule has 0 saturated heterocycles. The van der Waals surface area contributed by atoms with E-state index in [-0.39, 0.29) is 0 Å². The Morgan fingerprint density at radius 2 is 1.65 bits per heavy atom. The molecule has 0 aliphatic heterocycles. The van der Waals surface area contributed by atoms with Gasteiger partial charge in [0.25, 0.3) is 0 Å². The first-order valence-electron chi connectivity index (χ1n) is 7.00. The van der Waals surface area contributed by atoms with Gasteiger partial charge in [0.15, 0.2) is 11.5 Å². The van der Waals surface area contributed by atoms with Gasteiger partial charge >= 0.3 is 5.97 Å². The number of anilines is 1. The van der Waals surface area contributed by atoms with Gasteiger partial charge in [-0.3, -0.25) is 0 Å². The summed E-state index contributed by atoms with van der Waals surface area (Å²) in [5.74, 6) is 0.365. The summed E-state index contributed by atoms with van der Waals surface area (Å²) in [6.07, 6.45) is 1.67. The summed E-state index contributed by atoms with van der Waals surface area (Å²) in [5, 5.41) is 0. The molecule has 0 saturated carbocycles. The van der Waals surface area contributed by atoms with Crippen molar-refractivity contribution >= 4 is 11.7 Å². The number of nitrogens with two attached hydrogens (primary N) is 1. The van der Waals surface area contributed by atoms with Crippen LogP contribution in [0.25, 0.3) is 0 Å². The molecule has 0 unspecified atom stereocenters. The van der Waals surface area contributed by atoms with Crippen LogP contribution in [0.3, 0.4) is 0 Å². The minimum Gasteiger partial charge on any atom is -0.489 e. The van der Waals surface area contributed by atoms with Gasteiger partial charge in [0, 0.05) is 0 Å². The molecule has 0 aliphatic rings. The lowest BCUT2D eigenvalue weighted by molar-refractivity contribution is 0.0520. The molecule has 20 heavy (non-hydrogen) atoms. The van der Waals surface area contributed by atoms with Gasteiger partial charge in [0.2, 0.25) is 0 Å². The van der Waals surface area contributed by atoms with Crippen LogP contribution in [0.5, 0.6) is 11.5 Å². The number of rotatable bonds is 8. The molecule has 1 aromatic carbocycles. The minimum absolute atomic E-state index is 0.307. The fourth-order valence-electron chi connectivity index (χ4n) is 1.65. The number of carbonyl (C=O) groups is 1. The van der Waals surface area contributed by atoms with Gasteiger partial charge in [-0.25, -0.2) is 4.79 Å². The van der Waals surface area contributed by atoms with Gasteiger partial charge in [0.05, 0.1) is 25.5 Å². The second-order valence-corrected chi connectivity index (χ2v) is 4.28. The summed E-state index contributed by atoms with van der Waals surface area (Å²) < 4.78 is 16.3. The maximum Gasteiger partial charge on any atom is 0.342 e. The van der Waals surface area contributed by atoms with Crippen molar-refractivity contribution in [2.24, 2.45) is 0 Å². The highest BCUT2D eigenvalue weighted by atomic mass is 16.5. The van der Waals surface area contributed by atoms with Crippen molar-refractivity contribution in [2.45, 2.75) is 33.6 Å². The van der Waals surface area contributed by atoms with Crippen LogP contribution >= 0.6 is 0 Å². The topological polar surface area (TPSA) is 70.8 Å². The Bertz CT molecular complexity index is 446. The molecule has 5 nitrogen and oxygen atoms in total. The normalized spacial score (nSPS) is 10.2. The van der Waals surface area contributed by atoms with E-state index in [9.17, 15) is 4.79 Å². The first-order valence-corrected chi connectivity index (χ1v) is 7.00. The van der Waals surface area contributed by atoms with Gasteiger partial charge < -0.3 is 19.9 Å². The molecule has 1 rings (SSSR count). The van der Waals surface area contributed by atoms with E-state index in [0.717, 1.165) is 12.8 Å². The molecule has 0 spiro atoms. The van der Waals surface area contributed by atoms with E-state index in [1.165, 1.54) is 0 Å². The van der Waals surface area contributed by atoms with E-state index in [0.29, 0.717) is 42.6 Å². The third-order valence-electron chi connectivity index (χ3n) is 2.54. The van der Waals surface area contributed by atoms with Crippen LogP contribution in [0.15, 0.2) is 12.1 Å². The van der Waals surface area contributed by atoms with Crippen molar-refractivity contribution in [1.82, 2.24) is 0 Å². The van der Waals surface area contributed by atoms with Crippen molar-refractivity contribution in [3.63, 3.8) is 0 Å². The second-order valence-electron chi connectivity index (χ2n) is 4.28. The number of nitrogen functional groups attached to an aromatic ring is 1. The van der Waals surface area contributed by atoms with E-state index in [1.54, 1.807) is 19.1 Å². The predicted octanol–water partition coefficient (Wildman–Crippen LogP) is 3.02. The Morgan fingerprint density at radius 3 is 2.20 bits per heavy atom. The average molecular weight is 281 g/mol. The van der Waals surface area contributed by atoms with Crippen LogP contribution in [0.4, 0.5) is 5.69 Å². The van der Waals surface area contributed by atoms with Crippen LogP contribution in [-0.2, 0) is 4.74 Å². The zero-order valence-corrected chi connectivity index (χ0v) is 12.4. The predicted molar refractivity (Wildman–Crippen MR) is 78.4 cm³/mol. The molecule has 0 fully saturated rings. The van der Waals surface area contributed by atoms with E-state index in [2.05, 4.69) is 0 Å². The summed E-state index contributed by atoms with van der Waals surface area (Å²) in [5.41, 5.74) is 6.72. The summed E-state index contributed by atoms with van der Waals surface area (Å²) in [6, 6.07) is 3.24. The third-order valence-corrected chi connectivity index (χ3v) is 2.54. The fourth-order valence-corrected chi connectivity index (χ4v) is 1.65. The lowest BCUT2D eigenvalue weighted by Crippen LogP contribution is -2.11. The molecule has 0 aromatic heterocycles. The zero-order valence-electron chi connectivity index (χ0n) is 12.4. The molecular formula is C15H23NO4. The zero-order chi connectivity index (χ0) is 15.0. The average Bonchev–Trinajstić information content (AvgIpc) is 2.44. The number of benzene rings is 1. The van der Waals surface area contributed by atoms with Crippen molar-refractivity contribution in [3.05, 3.63) is 17.7 Å². The minimum atomic E-state index is -0.431. The molecule has 2 N–H and O–H groups in total. The third kappa shape index (κ3) is 4.05. The van der Waals surface area contributed by atoms with Crippen LogP contribution < -0.4 is 15.2 Å². The van der Waals surface area contributed by atoms with Gasteiger partial charge in [0.1, 0.15) is 5.56 Å². The molecule has 5 heteroatoms. The van der Waals surface area contributed by atoms with Crippen molar-refractivity contribution in [3.8, 4) is 11.5 Å². The molecule has 1 aromatic rings. The standard InChI is InChI=1S/C15H23NO4/c1-4-9-19-13-11(15(17)18-6-3)7-8-12(16)14(13)20-10-5-2/h7-8H,4-6,9-10,16H2,1-3H3. The molecule has 0 amide bonds. The monoisotopic (exact) mass is 281 g/mol. The van der Waals surface area contributed by atoms with Crippen LogP contribution in [0, 0.1) is 0 Å². The van der Waals surface area contributed by atoms with Gasteiger partial charge in [-0.15, -0.1) is 0 Å². The Labute approximate surface area is 120 Å². The van der Waals surface area contributed by atoms with Crippen molar-refractivity contribution < 1.29 is 19.0 Å². The molecule has 0 atom stereocenters. The first-order chi connectivity index (χ1) is 9.65. The highest BCUT2D eigenvalue weighted by molar-refractivity contribution is 5.94. The number of ether oxygens (including phenoxy) is 3. The summed E-state index contributed by atoms with van der Waals surface area (Å²) in [4.78, 5) is 12.0. The number of hydrogen-bond acceptors (Lipinski definition) is 5. The van der Waals surface area contributed by atoms with Crippen LogP contribution in [0.1, 0.15) is 44.0 Å². The largest absolute Gasteiger partial charge is 0.489 e. The molecule has 0 aliphatic carbocycles. The number of esters is 1. The van der Waals surface area contributed by atoms with E-state index in [4.69, 9.17) is 19.9 Å². The highest BCUT2D eigenvalue weighted by Gasteiger charge is 2.20. The van der Waals surface area contributed by atoms with Crippen LogP contribution in [-0.4, -0.2) is 25.8 Å². The number of carbonyl (C=O) groups excluding carboxylic acids is 1. The van der Waals surface area contributed by atoms with Gasteiger partial charge in [-0.1, -0.05) is 13.8 Å². The Balaban J connectivity index is 3.17. The Kier molecular flexibility index (Phi) is 6.70. The summed E-state index contributed by atoms with van der Waals surface area (Å²) in [6.45, 7) is 7.05. The lowest BCUT2D eigenvalue weighted by atomic mass is 10.1. The Hall–Kier alpha value is -1.91. The van der Waals surface area contributed by atoms with Crippen molar-refractivity contribution in [2.75, 3.05) is 25.6 Å². The Morgan fingerprint density at radius 1 is 1.05 bits per heavy atom. The SMILES string of the molecule is CCCOc1c(N)ccc(C(=O)OCC)c1OCCC. The van der Waals surface area contributed by atoms with E-state index < -0.39 is 5.97 Å². The summed E-state index contributed by atoms with van der Waals surface area (Å²) in [7, 11) is 0. The molecule has 112 valence electrons. The summed E-state index contributed by atoms with van der Waals surface area (Å²) >= 11 is 0. The molecule has 0 heterocycles. The number of hydrogen-bond donors (Lipinski definition) is 1. The quantitative estimate of drug-likeness (QED) is 0.586.